The Bertz CT molecular complexity index is 571. The highest BCUT2D eigenvalue weighted by Crippen LogP contribution is 2.09. The highest BCUT2D eigenvalue weighted by molar-refractivity contribution is 5.88. The lowest BCUT2D eigenvalue weighted by Gasteiger charge is -2.06. The molecule has 0 bridgehead atoms. The maximum Gasteiger partial charge on any atom is 0.320 e. The number of hydrogen-bond acceptors (Lipinski definition) is 3. The second-order valence-corrected chi connectivity index (χ2v) is 4.33. The van der Waals surface area contributed by atoms with Gasteiger partial charge in [-0.05, 0) is 13.3 Å². The lowest BCUT2D eigenvalue weighted by molar-refractivity contribution is 0.251. The maximum atomic E-state index is 11.8. The Balaban J connectivity index is 1.90. The average Bonchev–Trinajstić information content (AvgIpc) is 2.94. The highest BCUT2D eigenvalue weighted by atomic mass is 16.2. The molecule has 2 aromatic heterocycles. The van der Waals surface area contributed by atoms with Crippen molar-refractivity contribution in [1.82, 2.24) is 25.3 Å². The van der Waals surface area contributed by atoms with Crippen LogP contribution in [0.15, 0.2) is 12.3 Å². The van der Waals surface area contributed by atoms with Crippen LogP contribution in [0.4, 0.5) is 10.6 Å². The van der Waals surface area contributed by atoms with Crippen molar-refractivity contribution in [2.24, 2.45) is 7.05 Å². The summed E-state index contributed by atoms with van der Waals surface area (Å²) in [4.78, 5) is 11.8. The quantitative estimate of drug-likeness (QED) is 0.777. The van der Waals surface area contributed by atoms with E-state index in [0.29, 0.717) is 12.4 Å². The van der Waals surface area contributed by atoms with Gasteiger partial charge in [0, 0.05) is 30.9 Å². The molecular weight excluding hydrogens is 244 g/mol. The first-order valence-electron chi connectivity index (χ1n) is 6.16. The van der Waals surface area contributed by atoms with Crippen LogP contribution in [0.2, 0.25) is 0 Å². The highest BCUT2D eigenvalue weighted by Gasteiger charge is 2.08. The molecule has 3 N–H and O–H groups in total. The second-order valence-electron chi connectivity index (χ2n) is 4.33. The Hall–Kier alpha value is -2.31. The zero-order valence-corrected chi connectivity index (χ0v) is 11.3. The van der Waals surface area contributed by atoms with E-state index in [2.05, 4.69) is 25.9 Å². The van der Waals surface area contributed by atoms with Crippen molar-refractivity contribution in [1.29, 1.82) is 0 Å². The van der Waals surface area contributed by atoms with Crippen LogP contribution < -0.4 is 10.6 Å². The van der Waals surface area contributed by atoms with Gasteiger partial charge in [0.1, 0.15) is 5.82 Å². The number of carbonyl (C=O) groups is 1. The van der Waals surface area contributed by atoms with Gasteiger partial charge < -0.3 is 5.32 Å². The van der Waals surface area contributed by atoms with Gasteiger partial charge in [-0.1, -0.05) is 6.92 Å². The minimum atomic E-state index is -0.258. The van der Waals surface area contributed by atoms with Crippen molar-refractivity contribution in [3.8, 4) is 0 Å². The molecule has 0 saturated carbocycles. The number of nitrogens with one attached hydrogen (secondary N) is 3. The first-order chi connectivity index (χ1) is 9.10. The third-order valence-corrected chi connectivity index (χ3v) is 2.91. The van der Waals surface area contributed by atoms with Gasteiger partial charge in [0.05, 0.1) is 11.9 Å². The van der Waals surface area contributed by atoms with E-state index in [0.717, 1.165) is 23.4 Å². The normalized spacial score (nSPS) is 10.5. The van der Waals surface area contributed by atoms with E-state index in [1.165, 1.54) is 0 Å². The third kappa shape index (κ3) is 3.12. The van der Waals surface area contributed by atoms with E-state index < -0.39 is 0 Å². The molecule has 0 aliphatic carbocycles. The van der Waals surface area contributed by atoms with E-state index in [1.807, 2.05) is 19.9 Å². The van der Waals surface area contributed by atoms with Crippen LogP contribution in [0.5, 0.6) is 0 Å². The Morgan fingerprint density at radius 3 is 2.89 bits per heavy atom. The molecule has 2 rings (SSSR count). The number of amides is 2. The molecule has 19 heavy (non-hydrogen) atoms. The summed E-state index contributed by atoms with van der Waals surface area (Å²) in [7, 11) is 1.80. The summed E-state index contributed by atoms with van der Waals surface area (Å²) < 4.78 is 1.65. The van der Waals surface area contributed by atoms with Crippen LogP contribution in [0.1, 0.15) is 23.9 Å². The SMILES string of the molecule is CCc1cc(NC(=O)NCc2cn[nH]c2C)n(C)n1. The monoisotopic (exact) mass is 262 g/mol. The molecule has 0 radical (unpaired) electrons. The van der Waals surface area contributed by atoms with Crippen LogP contribution >= 0.6 is 0 Å². The molecule has 7 heteroatoms. The zero-order valence-electron chi connectivity index (χ0n) is 11.3. The van der Waals surface area contributed by atoms with Crippen LogP contribution in [0.3, 0.4) is 0 Å². The van der Waals surface area contributed by atoms with Crippen LogP contribution in [0, 0.1) is 6.92 Å². The number of aromatic amines is 1. The van der Waals surface area contributed by atoms with Crippen molar-refractivity contribution in [3.63, 3.8) is 0 Å². The molecule has 0 aliphatic heterocycles. The van der Waals surface area contributed by atoms with Crippen molar-refractivity contribution >= 4 is 11.8 Å². The Morgan fingerprint density at radius 1 is 1.53 bits per heavy atom. The van der Waals surface area contributed by atoms with Gasteiger partial charge in [0.2, 0.25) is 0 Å². The molecule has 2 amide bonds. The van der Waals surface area contributed by atoms with E-state index in [9.17, 15) is 4.79 Å². The fourth-order valence-corrected chi connectivity index (χ4v) is 1.71. The molecule has 7 nitrogen and oxygen atoms in total. The number of anilines is 1. The van der Waals surface area contributed by atoms with Gasteiger partial charge >= 0.3 is 6.03 Å². The van der Waals surface area contributed by atoms with Gasteiger partial charge in [-0.25, -0.2) is 4.79 Å². The molecule has 0 atom stereocenters. The van der Waals surface area contributed by atoms with Gasteiger partial charge in [0.25, 0.3) is 0 Å². The molecule has 0 spiro atoms. The Morgan fingerprint density at radius 2 is 2.32 bits per heavy atom. The summed E-state index contributed by atoms with van der Waals surface area (Å²) >= 11 is 0. The van der Waals surface area contributed by atoms with Crippen molar-refractivity contribution in [2.45, 2.75) is 26.8 Å². The van der Waals surface area contributed by atoms with E-state index >= 15 is 0 Å². The third-order valence-electron chi connectivity index (χ3n) is 2.91. The number of nitrogens with zero attached hydrogens (tertiary/aromatic N) is 3. The summed E-state index contributed by atoms with van der Waals surface area (Å²) in [6.45, 7) is 4.37. The number of H-pyrrole nitrogens is 1. The number of rotatable bonds is 4. The zero-order chi connectivity index (χ0) is 13.8. The van der Waals surface area contributed by atoms with Crippen molar-refractivity contribution in [2.75, 3.05) is 5.32 Å². The molecule has 0 unspecified atom stereocenters. The predicted molar refractivity (Wildman–Crippen MR) is 71.8 cm³/mol. The summed E-state index contributed by atoms with van der Waals surface area (Å²) in [6.07, 6.45) is 2.54. The molecule has 2 heterocycles. The molecule has 0 saturated heterocycles. The molecule has 0 aromatic carbocycles. The fourth-order valence-electron chi connectivity index (χ4n) is 1.71. The first kappa shape index (κ1) is 13.1. The Labute approximate surface area is 111 Å². The van der Waals surface area contributed by atoms with E-state index in [4.69, 9.17) is 0 Å². The van der Waals surface area contributed by atoms with Crippen LogP contribution in [0.25, 0.3) is 0 Å². The smallest absolute Gasteiger partial charge is 0.320 e. The number of hydrogen-bond donors (Lipinski definition) is 3. The number of urea groups is 1. The molecule has 102 valence electrons. The summed E-state index contributed by atoms with van der Waals surface area (Å²) in [6, 6.07) is 1.61. The summed E-state index contributed by atoms with van der Waals surface area (Å²) in [5.74, 6) is 0.679. The topological polar surface area (TPSA) is 87.6 Å². The average molecular weight is 262 g/mol. The lowest BCUT2D eigenvalue weighted by Crippen LogP contribution is -2.29. The number of carbonyl (C=O) groups excluding carboxylic acids is 1. The number of aromatic nitrogens is 4. The number of aryl methyl sites for hydroxylation is 3. The summed E-state index contributed by atoms with van der Waals surface area (Å²) in [5.41, 5.74) is 2.87. The van der Waals surface area contributed by atoms with Crippen molar-refractivity contribution in [3.05, 3.63) is 29.2 Å². The van der Waals surface area contributed by atoms with Gasteiger partial charge in [0.15, 0.2) is 0 Å². The largest absolute Gasteiger partial charge is 0.334 e. The maximum absolute atomic E-state index is 11.8. The minimum absolute atomic E-state index is 0.258. The predicted octanol–water partition coefficient (Wildman–Crippen LogP) is 1.34. The fraction of sp³-hybridized carbons (Fsp3) is 0.417. The van der Waals surface area contributed by atoms with Crippen LogP contribution in [-0.4, -0.2) is 26.0 Å². The minimum Gasteiger partial charge on any atom is -0.334 e. The van der Waals surface area contributed by atoms with Crippen molar-refractivity contribution < 1.29 is 4.79 Å². The summed E-state index contributed by atoms with van der Waals surface area (Å²) in [5, 5.41) is 16.5. The Kier molecular flexibility index (Phi) is 3.84. The molecule has 0 aliphatic rings. The standard InChI is InChI=1S/C12H18N6O/c1-4-10-5-11(18(3)17-10)15-12(19)13-6-9-7-14-16-8(9)2/h5,7H,4,6H2,1-3H3,(H,14,16)(H2,13,15,19). The van der Waals surface area contributed by atoms with Crippen LogP contribution in [-0.2, 0) is 20.0 Å². The van der Waals surface area contributed by atoms with Gasteiger partial charge in [-0.2, -0.15) is 10.2 Å². The first-order valence-corrected chi connectivity index (χ1v) is 6.16. The van der Waals surface area contributed by atoms with Gasteiger partial charge in [-0.15, -0.1) is 0 Å². The van der Waals surface area contributed by atoms with E-state index in [-0.39, 0.29) is 6.03 Å². The van der Waals surface area contributed by atoms with Gasteiger partial charge in [-0.3, -0.25) is 15.1 Å². The molecule has 2 aromatic rings. The molecule has 0 fully saturated rings. The van der Waals surface area contributed by atoms with E-state index in [1.54, 1.807) is 17.9 Å². The molecular formula is C12H18N6O. The lowest BCUT2D eigenvalue weighted by atomic mass is 10.3. The second kappa shape index (κ2) is 5.55.